The number of fused-ring (bicyclic) bond motifs is 1. The van der Waals surface area contributed by atoms with Crippen molar-refractivity contribution in [3.05, 3.63) is 65.1 Å². The molecule has 0 radical (unpaired) electrons. The predicted octanol–water partition coefficient (Wildman–Crippen LogP) is 4.82. The van der Waals surface area contributed by atoms with Crippen molar-refractivity contribution >= 4 is 23.2 Å². The lowest BCUT2D eigenvalue weighted by Gasteiger charge is -2.14. The molecule has 3 heterocycles. The number of ether oxygens (including phenoxy) is 1. The number of carbonyl (C=O) groups excluding carboxylic acids is 1. The molecule has 9 heteroatoms. The van der Waals surface area contributed by atoms with Gasteiger partial charge in [-0.1, -0.05) is 23.7 Å². The molecular formula is C25H29ClF2N4O2. The van der Waals surface area contributed by atoms with Gasteiger partial charge in [0.2, 0.25) is 0 Å². The number of primary amides is 1. The number of nitrogens with two attached hydrogens (primary N) is 1. The second-order valence-electron chi connectivity index (χ2n) is 8.77. The van der Waals surface area contributed by atoms with Gasteiger partial charge in [0.25, 0.3) is 5.91 Å². The van der Waals surface area contributed by atoms with Crippen LogP contribution in [0.1, 0.15) is 43.4 Å². The molecule has 1 aliphatic heterocycles. The average Bonchev–Trinajstić information content (AvgIpc) is 3.29. The molecule has 5 rings (SSSR count). The largest absolute Gasteiger partial charge is 0.489 e. The van der Waals surface area contributed by atoms with E-state index in [1.54, 1.807) is 24.4 Å². The minimum Gasteiger partial charge on any atom is -0.489 e. The summed E-state index contributed by atoms with van der Waals surface area (Å²) in [5.74, 6) is -4.58. The zero-order chi connectivity index (χ0) is 24.1. The maximum atomic E-state index is 13.2. The van der Waals surface area contributed by atoms with Crippen LogP contribution in [-0.2, 0) is 17.1 Å². The Bertz CT molecular complexity index is 1090. The van der Waals surface area contributed by atoms with E-state index in [4.69, 9.17) is 16.3 Å². The summed E-state index contributed by atoms with van der Waals surface area (Å²) >= 11 is 6.27. The van der Waals surface area contributed by atoms with Gasteiger partial charge in [-0.3, -0.25) is 4.79 Å². The van der Waals surface area contributed by atoms with Gasteiger partial charge in [0, 0.05) is 12.4 Å². The molecule has 0 bridgehead atoms. The topological polar surface area (TPSA) is 72.9 Å². The molecular weight excluding hydrogens is 462 g/mol. The van der Waals surface area contributed by atoms with Crippen LogP contribution < -0.4 is 10.5 Å². The Hall–Kier alpha value is -2.71. The van der Waals surface area contributed by atoms with Crippen molar-refractivity contribution in [2.24, 2.45) is 5.73 Å². The molecule has 3 aromatic rings. The van der Waals surface area contributed by atoms with Crippen LogP contribution in [0.3, 0.4) is 0 Å². The van der Waals surface area contributed by atoms with E-state index < -0.39 is 17.5 Å². The SMILES string of the molecule is Clc1cc(CCCN2CCCC2)ccc1OC1CC1.NC(=O)C(F)(F)c1cn2ccccc2n1. The van der Waals surface area contributed by atoms with Crippen LogP contribution in [0.5, 0.6) is 5.75 Å². The van der Waals surface area contributed by atoms with Crippen LogP contribution in [0.25, 0.3) is 5.65 Å². The lowest BCUT2D eigenvalue weighted by molar-refractivity contribution is -0.143. The van der Waals surface area contributed by atoms with Gasteiger partial charge in [-0.2, -0.15) is 8.78 Å². The number of benzene rings is 1. The Kier molecular flexibility index (Phi) is 7.68. The van der Waals surface area contributed by atoms with Crippen LogP contribution in [-0.4, -0.2) is 45.9 Å². The molecule has 2 fully saturated rings. The maximum Gasteiger partial charge on any atom is 0.367 e. The molecule has 2 aliphatic rings. The number of rotatable bonds is 8. The fraction of sp³-hybridized carbons (Fsp3) is 0.440. The Morgan fingerprint density at radius 3 is 2.62 bits per heavy atom. The first-order valence-corrected chi connectivity index (χ1v) is 12.0. The quantitative estimate of drug-likeness (QED) is 0.491. The number of hydrogen-bond acceptors (Lipinski definition) is 4. The smallest absolute Gasteiger partial charge is 0.367 e. The Morgan fingerprint density at radius 1 is 1.21 bits per heavy atom. The van der Waals surface area contributed by atoms with Gasteiger partial charge in [0.1, 0.15) is 17.1 Å². The fourth-order valence-electron chi connectivity index (χ4n) is 3.89. The van der Waals surface area contributed by atoms with Gasteiger partial charge in [-0.25, -0.2) is 4.98 Å². The van der Waals surface area contributed by atoms with Crippen LogP contribution in [0, 0.1) is 0 Å². The van der Waals surface area contributed by atoms with E-state index in [-0.39, 0.29) is 0 Å². The number of halogens is 3. The average molecular weight is 491 g/mol. The Morgan fingerprint density at radius 2 is 1.97 bits per heavy atom. The molecule has 0 unspecified atom stereocenters. The van der Waals surface area contributed by atoms with Gasteiger partial charge < -0.3 is 19.8 Å². The minimum atomic E-state index is -3.73. The third kappa shape index (κ3) is 6.24. The van der Waals surface area contributed by atoms with E-state index in [2.05, 4.69) is 27.8 Å². The number of likely N-dealkylation sites (tertiary alicyclic amines) is 1. The van der Waals surface area contributed by atoms with Gasteiger partial charge in [0.15, 0.2) is 0 Å². The number of aromatic nitrogens is 2. The number of pyridine rings is 1. The zero-order valence-corrected chi connectivity index (χ0v) is 19.7. The van der Waals surface area contributed by atoms with Crippen molar-refractivity contribution in [2.45, 2.75) is 50.6 Å². The van der Waals surface area contributed by atoms with Crippen molar-refractivity contribution in [1.82, 2.24) is 14.3 Å². The van der Waals surface area contributed by atoms with E-state index in [1.807, 2.05) is 6.07 Å². The molecule has 1 amide bonds. The summed E-state index contributed by atoms with van der Waals surface area (Å²) in [7, 11) is 0. The third-order valence-electron chi connectivity index (χ3n) is 5.95. The summed E-state index contributed by atoms with van der Waals surface area (Å²) in [6.45, 7) is 3.79. The second-order valence-corrected chi connectivity index (χ2v) is 9.17. The number of hydrogen-bond donors (Lipinski definition) is 1. The van der Waals surface area contributed by atoms with Crippen molar-refractivity contribution < 1.29 is 18.3 Å². The lowest BCUT2D eigenvalue weighted by atomic mass is 10.1. The number of nitrogens with zero attached hydrogens (tertiary/aromatic N) is 3. The standard InChI is InChI=1S/C16H22ClNO.C9H7F2N3O/c17-15-12-13(4-3-11-18-9-1-2-10-18)5-8-16(15)19-14-6-7-14;10-9(11,8(12)15)6-5-14-4-2-1-3-7(14)13-6/h5,8,12,14H,1-4,6-7,9-11H2;1-5H,(H2,12,15). The van der Waals surface area contributed by atoms with Crippen molar-refractivity contribution in [1.29, 1.82) is 0 Å². The predicted molar refractivity (Wildman–Crippen MR) is 127 cm³/mol. The van der Waals surface area contributed by atoms with Crippen LogP contribution in [0.2, 0.25) is 5.02 Å². The highest BCUT2D eigenvalue weighted by atomic mass is 35.5. The molecule has 2 N–H and O–H groups in total. The minimum absolute atomic E-state index is 0.341. The molecule has 1 saturated carbocycles. The fourth-order valence-corrected chi connectivity index (χ4v) is 4.13. The second kappa shape index (κ2) is 10.7. The molecule has 0 atom stereocenters. The van der Waals surface area contributed by atoms with Crippen LogP contribution >= 0.6 is 11.6 Å². The highest BCUT2D eigenvalue weighted by molar-refractivity contribution is 6.32. The first-order valence-electron chi connectivity index (χ1n) is 11.6. The summed E-state index contributed by atoms with van der Waals surface area (Å²) in [5.41, 5.74) is 5.62. The normalized spacial score (nSPS) is 16.3. The summed E-state index contributed by atoms with van der Waals surface area (Å²) in [4.78, 5) is 16.7. The number of amides is 1. The molecule has 0 spiro atoms. The van der Waals surface area contributed by atoms with Crippen LogP contribution in [0.4, 0.5) is 8.78 Å². The molecule has 2 aromatic heterocycles. The molecule has 34 heavy (non-hydrogen) atoms. The van der Waals surface area contributed by atoms with Crippen molar-refractivity contribution in [2.75, 3.05) is 19.6 Å². The highest BCUT2D eigenvalue weighted by Crippen LogP contribution is 2.32. The Balaban J connectivity index is 0.000000166. The highest BCUT2D eigenvalue weighted by Gasteiger charge is 2.41. The van der Waals surface area contributed by atoms with Gasteiger partial charge in [-0.05, 0) is 88.0 Å². The van der Waals surface area contributed by atoms with E-state index in [0.717, 1.165) is 23.4 Å². The number of carbonyl (C=O) groups is 1. The van der Waals surface area contributed by atoms with Gasteiger partial charge >= 0.3 is 5.92 Å². The number of imidazole rings is 1. The molecule has 1 saturated heterocycles. The van der Waals surface area contributed by atoms with E-state index in [9.17, 15) is 13.6 Å². The number of alkyl halides is 2. The van der Waals surface area contributed by atoms with Gasteiger partial charge in [-0.15, -0.1) is 0 Å². The van der Waals surface area contributed by atoms with E-state index >= 15 is 0 Å². The molecule has 1 aliphatic carbocycles. The zero-order valence-electron chi connectivity index (χ0n) is 18.9. The molecule has 1 aromatic carbocycles. The van der Waals surface area contributed by atoms with Gasteiger partial charge in [0.05, 0.1) is 11.1 Å². The summed E-state index contributed by atoms with van der Waals surface area (Å²) in [5, 5.41) is 0.769. The Labute approximate surface area is 202 Å². The third-order valence-corrected chi connectivity index (χ3v) is 6.24. The first-order chi connectivity index (χ1) is 16.3. The lowest BCUT2D eigenvalue weighted by Crippen LogP contribution is -2.33. The first kappa shape index (κ1) is 24.4. The summed E-state index contributed by atoms with van der Waals surface area (Å²) < 4.78 is 33.5. The summed E-state index contributed by atoms with van der Waals surface area (Å²) in [6, 6.07) is 11.2. The summed E-state index contributed by atoms with van der Waals surface area (Å²) in [6.07, 6.45) is 10.5. The van der Waals surface area contributed by atoms with E-state index in [0.29, 0.717) is 11.8 Å². The molecule has 6 nitrogen and oxygen atoms in total. The van der Waals surface area contributed by atoms with Crippen LogP contribution in [0.15, 0.2) is 48.8 Å². The van der Waals surface area contributed by atoms with Crippen molar-refractivity contribution in [3.63, 3.8) is 0 Å². The maximum absolute atomic E-state index is 13.2. The van der Waals surface area contributed by atoms with E-state index in [1.165, 1.54) is 61.7 Å². The molecule has 182 valence electrons. The van der Waals surface area contributed by atoms with Crippen molar-refractivity contribution in [3.8, 4) is 5.75 Å². The number of aryl methyl sites for hydroxylation is 1. The monoisotopic (exact) mass is 490 g/mol.